The van der Waals surface area contributed by atoms with Crippen molar-refractivity contribution >= 4 is 21.6 Å². The molecule has 172 valence electrons. The van der Waals surface area contributed by atoms with Gasteiger partial charge in [-0.25, -0.2) is 8.42 Å². The van der Waals surface area contributed by atoms with Gasteiger partial charge < -0.3 is 24.3 Å². The number of carbonyl (C=O) groups is 1. The van der Waals surface area contributed by atoms with Crippen LogP contribution in [0.1, 0.15) is 12.8 Å². The molecule has 10 heteroatoms. The van der Waals surface area contributed by atoms with Gasteiger partial charge in [0.1, 0.15) is 29.6 Å². The summed E-state index contributed by atoms with van der Waals surface area (Å²) in [6.45, 7) is 1.45. The Kier molecular flexibility index (Phi) is 6.43. The Morgan fingerprint density at radius 2 is 1.72 bits per heavy atom. The number of nitrogens with zero attached hydrogens (tertiary/aromatic N) is 1. The summed E-state index contributed by atoms with van der Waals surface area (Å²) in [7, 11) is -0.887. The summed E-state index contributed by atoms with van der Waals surface area (Å²) in [5, 5.41) is 2.90. The number of rotatable bonds is 6. The largest absolute Gasteiger partial charge is 0.497 e. The molecule has 0 unspecified atom stereocenters. The van der Waals surface area contributed by atoms with Crippen molar-refractivity contribution in [1.29, 1.82) is 0 Å². The third kappa shape index (κ3) is 4.46. The third-order valence-electron chi connectivity index (χ3n) is 5.62. The van der Waals surface area contributed by atoms with Crippen molar-refractivity contribution in [1.82, 2.24) is 4.31 Å². The van der Waals surface area contributed by atoms with Crippen molar-refractivity contribution in [3.63, 3.8) is 0 Å². The van der Waals surface area contributed by atoms with E-state index < -0.39 is 10.0 Å². The zero-order valence-corrected chi connectivity index (χ0v) is 18.8. The van der Waals surface area contributed by atoms with Gasteiger partial charge in [0, 0.05) is 36.8 Å². The van der Waals surface area contributed by atoms with E-state index in [1.54, 1.807) is 30.3 Å². The van der Waals surface area contributed by atoms with E-state index in [2.05, 4.69) is 5.32 Å². The van der Waals surface area contributed by atoms with Crippen LogP contribution in [0.15, 0.2) is 41.3 Å². The van der Waals surface area contributed by atoms with E-state index in [4.69, 9.17) is 18.9 Å². The van der Waals surface area contributed by atoms with Crippen LogP contribution >= 0.6 is 0 Å². The van der Waals surface area contributed by atoms with E-state index in [9.17, 15) is 13.2 Å². The Morgan fingerprint density at radius 3 is 2.41 bits per heavy atom. The molecule has 1 fully saturated rings. The number of ether oxygens (including phenoxy) is 4. The van der Waals surface area contributed by atoms with Crippen LogP contribution < -0.4 is 24.3 Å². The normalized spacial score (nSPS) is 16.9. The number of fused-ring (bicyclic) bond motifs is 1. The van der Waals surface area contributed by atoms with Crippen LogP contribution in [0.2, 0.25) is 0 Å². The summed E-state index contributed by atoms with van der Waals surface area (Å²) < 4.78 is 49.2. The summed E-state index contributed by atoms with van der Waals surface area (Å²) in [6.07, 6.45) is 0.837. The highest BCUT2D eigenvalue weighted by molar-refractivity contribution is 7.89. The molecule has 0 aromatic heterocycles. The standard InChI is InChI=1S/C22H26N2O7S/c1-28-17-4-6-19(29-2)21(14-17)32(26,27)24-9-7-15(8-10-24)22(25)23-16-3-5-18-20(13-16)31-12-11-30-18/h3-6,13-15H,7-12H2,1-2H3,(H,23,25). The molecule has 0 bridgehead atoms. The molecule has 0 spiro atoms. The Balaban J connectivity index is 1.41. The van der Waals surface area contributed by atoms with E-state index in [1.807, 2.05) is 0 Å². The number of piperidine rings is 1. The van der Waals surface area contributed by atoms with E-state index in [-0.39, 0.29) is 35.6 Å². The summed E-state index contributed by atoms with van der Waals surface area (Å²) in [6, 6.07) is 9.93. The van der Waals surface area contributed by atoms with E-state index >= 15 is 0 Å². The lowest BCUT2D eigenvalue weighted by Crippen LogP contribution is -2.41. The first-order valence-electron chi connectivity index (χ1n) is 10.3. The number of nitrogens with one attached hydrogen (secondary N) is 1. The molecule has 0 saturated carbocycles. The van der Waals surface area contributed by atoms with Crippen LogP contribution in [-0.2, 0) is 14.8 Å². The van der Waals surface area contributed by atoms with Gasteiger partial charge in [-0.05, 0) is 37.1 Å². The molecule has 1 saturated heterocycles. The molecule has 0 atom stereocenters. The highest BCUT2D eigenvalue weighted by atomic mass is 32.2. The lowest BCUT2D eigenvalue weighted by atomic mass is 9.97. The molecule has 1 N–H and O–H groups in total. The fourth-order valence-electron chi connectivity index (χ4n) is 3.85. The number of methoxy groups -OCH3 is 2. The molecule has 2 heterocycles. The van der Waals surface area contributed by atoms with Crippen LogP contribution in [0.5, 0.6) is 23.0 Å². The molecule has 2 aliphatic heterocycles. The summed E-state index contributed by atoms with van der Waals surface area (Å²) in [5.74, 6) is 1.50. The van der Waals surface area contributed by atoms with Gasteiger partial charge in [0.15, 0.2) is 11.5 Å². The molecule has 1 amide bonds. The molecular weight excluding hydrogens is 436 g/mol. The Bertz CT molecular complexity index is 1100. The average Bonchev–Trinajstić information content (AvgIpc) is 2.83. The first-order valence-corrected chi connectivity index (χ1v) is 11.8. The van der Waals surface area contributed by atoms with Gasteiger partial charge in [-0.1, -0.05) is 0 Å². The molecule has 0 radical (unpaired) electrons. The Morgan fingerprint density at radius 1 is 1.00 bits per heavy atom. The molecule has 9 nitrogen and oxygen atoms in total. The third-order valence-corrected chi connectivity index (χ3v) is 7.54. The molecule has 32 heavy (non-hydrogen) atoms. The number of hydrogen-bond acceptors (Lipinski definition) is 7. The smallest absolute Gasteiger partial charge is 0.246 e. The molecule has 2 aromatic rings. The lowest BCUT2D eigenvalue weighted by Gasteiger charge is -2.31. The van der Waals surface area contributed by atoms with Gasteiger partial charge in [0.2, 0.25) is 15.9 Å². The fourth-order valence-corrected chi connectivity index (χ4v) is 5.49. The molecule has 0 aliphatic carbocycles. The summed E-state index contributed by atoms with van der Waals surface area (Å²) in [5.41, 5.74) is 0.621. The summed E-state index contributed by atoms with van der Waals surface area (Å²) in [4.78, 5) is 12.8. The van der Waals surface area contributed by atoms with Gasteiger partial charge in [-0.2, -0.15) is 4.31 Å². The van der Waals surface area contributed by atoms with Gasteiger partial charge in [-0.3, -0.25) is 4.79 Å². The minimum atomic E-state index is -3.79. The number of benzene rings is 2. The first-order chi connectivity index (χ1) is 15.4. The minimum Gasteiger partial charge on any atom is -0.497 e. The maximum absolute atomic E-state index is 13.2. The van der Waals surface area contributed by atoms with E-state index in [0.29, 0.717) is 49.0 Å². The van der Waals surface area contributed by atoms with E-state index in [1.165, 1.54) is 24.6 Å². The van der Waals surface area contributed by atoms with Gasteiger partial charge >= 0.3 is 0 Å². The van der Waals surface area contributed by atoms with Crippen LogP contribution in [0.3, 0.4) is 0 Å². The molecule has 2 aromatic carbocycles. The highest BCUT2D eigenvalue weighted by Gasteiger charge is 2.34. The first kappa shape index (κ1) is 22.2. The predicted octanol–water partition coefficient (Wildman–Crippen LogP) is 2.51. The van der Waals surface area contributed by atoms with Crippen LogP contribution in [0, 0.1) is 5.92 Å². The molecule has 4 rings (SSSR count). The van der Waals surface area contributed by atoms with Crippen molar-refractivity contribution in [3.8, 4) is 23.0 Å². The lowest BCUT2D eigenvalue weighted by molar-refractivity contribution is -0.120. The zero-order chi connectivity index (χ0) is 22.7. The predicted molar refractivity (Wildman–Crippen MR) is 117 cm³/mol. The summed E-state index contributed by atoms with van der Waals surface area (Å²) >= 11 is 0. The number of sulfonamides is 1. The topological polar surface area (TPSA) is 103 Å². The molecule has 2 aliphatic rings. The monoisotopic (exact) mass is 462 g/mol. The van der Waals surface area contributed by atoms with Crippen molar-refractivity contribution in [2.45, 2.75) is 17.7 Å². The highest BCUT2D eigenvalue weighted by Crippen LogP contribution is 2.34. The van der Waals surface area contributed by atoms with Crippen LogP contribution in [0.25, 0.3) is 0 Å². The number of anilines is 1. The Hall–Kier alpha value is -2.98. The SMILES string of the molecule is COc1ccc(OC)c(S(=O)(=O)N2CCC(C(=O)Nc3ccc4c(c3)OCCO4)CC2)c1. The quantitative estimate of drug-likeness (QED) is 0.704. The Labute approximate surface area is 187 Å². The fraction of sp³-hybridized carbons (Fsp3) is 0.409. The van der Waals surface area contributed by atoms with Gasteiger partial charge in [0.05, 0.1) is 14.2 Å². The van der Waals surface area contributed by atoms with Gasteiger partial charge in [-0.15, -0.1) is 0 Å². The molecular formula is C22H26N2O7S. The zero-order valence-electron chi connectivity index (χ0n) is 18.0. The van der Waals surface area contributed by atoms with Crippen LogP contribution in [-0.4, -0.2) is 59.2 Å². The maximum Gasteiger partial charge on any atom is 0.246 e. The van der Waals surface area contributed by atoms with E-state index in [0.717, 1.165) is 0 Å². The maximum atomic E-state index is 13.2. The minimum absolute atomic E-state index is 0.0542. The van der Waals surface area contributed by atoms with Gasteiger partial charge in [0.25, 0.3) is 0 Å². The number of hydrogen-bond donors (Lipinski definition) is 1. The van der Waals surface area contributed by atoms with Crippen molar-refractivity contribution in [3.05, 3.63) is 36.4 Å². The average molecular weight is 463 g/mol. The second-order valence-corrected chi connectivity index (χ2v) is 9.45. The number of carbonyl (C=O) groups excluding carboxylic acids is 1. The second-order valence-electron chi connectivity index (χ2n) is 7.54. The van der Waals surface area contributed by atoms with Crippen LogP contribution in [0.4, 0.5) is 5.69 Å². The number of amides is 1. The van der Waals surface area contributed by atoms with Crippen molar-refractivity contribution in [2.75, 3.05) is 45.8 Å². The van der Waals surface area contributed by atoms with Crippen molar-refractivity contribution in [2.24, 2.45) is 5.92 Å². The second kappa shape index (κ2) is 9.25. The van der Waals surface area contributed by atoms with Crippen molar-refractivity contribution < 1.29 is 32.2 Å².